The van der Waals surface area contributed by atoms with Crippen molar-refractivity contribution in [3.63, 3.8) is 0 Å². The lowest BCUT2D eigenvalue weighted by Gasteiger charge is -2.28. The molecule has 0 bridgehead atoms. The van der Waals surface area contributed by atoms with Crippen LogP contribution in [0, 0.1) is 0 Å². The predicted octanol–water partition coefficient (Wildman–Crippen LogP) is 2.37. The number of hydrogen-bond donors (Lipinski definition) is 1. The molecule has 1 N–H and O–H groups in total. The summed E-state index contributed by atoms with van der Waals surface area (Å²) in [6.45, 7) is 0.968. The molecule has 1 aromatic heterocycles. The van der Waals surface area contributed by atoms with Crippen molar-refractivity contribution in [3.05, 3.63) is 24.2 Å². The zero-order chi connectivity index (χ0) is 12.1. The Morgan fingerprint density at radius 2 is 2.24 bits per heavy atom. The van der Waals surface area contributed by atoms with Gasteiger partial charge in [-0.2, -0.15) is 11.8 Å². The van der Waals surface area contributed by atoms with Gasteiger partial charge < -0.3 is 9.73 Å². The molecule has 0 saturated carbocycles. The van der Waals surface area contributed by atoms with Crippen molar-refractivity contribution < 1.29 is 4.42 Å². The van der Waals surface area contributed by atoms with Gasteiger partial charge in [-0.05, 0) is 50.6 Å². The number of likely N-dealkylation sites (N-methyl/N-ethyl adjacent to an activating group) is 1. The predicted molar refractivity (Wildman–Crippen MR) is 73.5 cm³/mol. The highest BCUT2D eigenvalue weighted by Crippen LogP contribution is 2.20. The second-order valence-electron chi connectivity index (χ2n) is 4.79. The largest absolute Gasteiger partial charge is 0.468 e. The quantitative estimate of drug-likeness (QED) is 0.873. The molecule has 4 heteroatoms. The van der Waals surface area contributed by atoms with Crippen LogP contribution in [0.5, 0.6) is 0 Å². The van der Waals surface area contributed by atoms with E-state index in [1.165, 1.54) is 24.3 Å². The maximum Gasteiger partial charge on any atom is 0.122 e. The maximum absolute atomic E-state index is 5.51. The highest BCUT2D eigenvalue weighted by molar-refractivity contribution is 7.99. The zero-order valence-corrected chi connectivity index (χ0v) is 11.5. The first-order valence-electron chi connectivity index (χ1n) is 6.28. The minimum Gasteiger partial charge on any atom is -0.468 e. The Kier molecular flexibility index (Phi) is 4.95. The Morgan fingerprint density at radius 1 is 1.47 bits per heavy atom. The van der Waals surface area contributed by atoms with Gasteiger partial charge in [-0.3, -0.25) is 4.90 Å². The number of thioether (sulfide) groups is 1. The van der Waals surface area contributed by atoms with Crippen molar-refractivity contribution in [3.8, 4) is 0 Å². The van der Waals surface area contributed by atoms with Crippen LogP contribution in [-0.4, -0.2) is 43.1 Å². The van der Waals surface area contributed by atoms with Gasteiger partial charge in [-0.1, -0.05) is 0 Å². The molecule has 1 unspecified atom stereocenters. The van der Waals surface area contributed by atoms with Gasteiger partial charge in [0.05, 0.1) is 12.3 Å². The molecule has 2 heterocycles. The van der Waals surface area contributed by atoms with Gasteiger partial charge in [-0.15, -0.1) is 0 Å². The summed E-state index contributed by atoms with van der Waals surface area (Å²) in [5.74, 6) is 3.64. The van der Waals surface area contributed by atoms with Crippen molar-refractivity contribution in [1.82, 2.24) is 10.2 Å². The number of nitrogens with one attached hydrogen (secondary N) is 1. The summed E-state index contributed by atoms with van der Waals surface area (Å²) in [4.78, 5) is 2.21. The minimum atomic E-state index is 0.333. The van der Waals surface area contributed by atoms with Gasteiger partial charge >= 0.3 is 0 Å². The number of furan rings is 1. The fourth-order valence-corrected chi connectivity index (χ4v) is 3.31. The average molecular weight is 254 g/mol. The Labute approximate surface area is 108 Å². The Balaban J connectivity index is 1.85. The molecular weight excluding hydrogens is 232 g/mol. The van der Waals surface area contributed by atoms with E-state index in [-0.39, 0.29) is 0 Å². The molecule has 1 atom stereocenters. The lowest BCUT2D eigenvalue weighted by Crippen LogP contribution is -2.38. The van der Waals surface area contributed by atoms with Crippen LogP contribution in [-0.2, 0) is 0 Å². The van der Waals surface area contributed by atoms with Gasteiger partial charge in [-0.25, -0.2) is 0 Å². The van der Waals surface area contributed by atoms with Crippen LogP contribution < -0.4 is 5.32 Å². The lowest BCUT2D eigenvalue weighted by atomic mass is 10.1. The smallest absolute Gasteiger partial charge is 0.122 e. The third kappa shape index (κ3) is 3.76. The maximum atomic E-state index is 5.51. The molecule has 0 spiro atoms. The van der Waals surface area contributed by atoms with Gasteiger partial charge in [0.1, 0.15) is 5.76 Å². The number of nitrogens with zero attached hydrogens (tertiary/aromatic N) is 1. The van der Waals surface area contributed by atoms with E-state index >= 15 is 0 Å². The minimum absolute atomic E-state index is 0.333. The highest BCUT2D eigenvalue weighted by atomic mass is 32.2. The summed E-state index contributed by atoms with van der Waals surface area (Å²) in [5.41, 5.74) is 0. The van der Waals surface area contributed by atoms with E-state index in [1.807, 2.05) is 6.07 Å². The van der Waals surface area contributed by atoms with Crippen molar-refractivity contribution in [2.24, 2.45) is 0 Å². The van der Waals surface area contributed by atoms with Gasteiger partial charge in [0.2, 0.25) is 0 Å². The van der Waals surface area contributed by atoms with Crippen LogP contribution in [0.25, 0.3) is 0 Å². The first-order chi connectivity index (χ1) is 8.27. The lowest BCUT2D eigenvalue weighted by molar-refractivity contribution is 0.242. The molecule has 1 fully saturated rings. The molecular formula is C13H22N2OS. The van der Waals surface area contributed by atoms with E-state index in [2.05, 4.69) is 42.1 Å². The van der Waals surface area contributed by atoms with Crippen molar-refractivity contribution in [2.45, 2.75) is 24.9 Å². The molecule has 1 aliphatic heterocycles. The highest BCUT2D eigenvalue weighted by Gasteiger charge is 2.19. The van der Waals surface area contributed by atoms with Crippen LogP contribution in [0.1, 0.15) is 24.6 Å². The molecule has 1 aliphatic rings. The first kappa shape index (κ1) is 13.0. The molecule has 2 rings (SSSR count). The van der Waals surface area contributed by atoms with Crippen LogP contribution in [0.3, 0.4) is 0 Å². The van der Waals surface area contributed by atoms with Crippen LogP contribution in [0.15, 0.2) is 22.8 Å². The topological polar surface area (TPSA) is 28.4 Å². The molecule has 1 saturated heterocycles. The molecule has 96 valence electrons. The summed E-state index contributed by atoms with van der Waals surface area (Å²) >= 11 is 2.07. The second kappa shape index (κ2) is 6.47. The summed E-state index contributed by atoms with van der Waals surface area (Å²) in [7, 11) is 4.21. The van der Waals surface area contributed by atoms with Crippen molar-refractivity contribution in [1.29, 1.82) is 0 Å². The summed E-state index contributed by atoms with van der Waals surface area (Å²) in [6, 6.07) is 5.04. The Hall–Kier alpha value is -0.450. The van der Waals surface area contributed by atoms with E-state index in [4.69, 9.17) is 4.42 Å². The molecule has 0 aliphatic carbocycles. The second-order valence-corrected chi connectivity index (χ2v) is 6.01. The van der Waals surface area contributed by atoms with Gasteiger partial charge in [0.25, 0.3) is 0 Å². The number of rotatable bonds is 5. The van der Waals surface area contributed by atoms with Gasteiger partial charge in [0.15, 0.2) is 0 Å². The SMILES string of the molecule is CN(C)C(CNC1CCSCC1)c1ccco1. The monoisotopic (exact) mass is 254 g/mol. The summed E-state index contributed by atoms with van der Waals surface area (Å²) in [5, 5.41) is 3.68. The van der Waals surface area contributed by atoms with E-state index in [9.17, 15) is 0 Å². The van der Waals surface area contributed by atoms with E-state index in [0.29, 0.717) is 12.1 Å². The third-order valence-electron chi connectivity index (χ3n) is 3.32. The van der Waals surface area contributed by atoms with E-state index in [1.54, 1.807) is 6.26 Å². The molecule has 1 aromatic rings. The zero-order valence-electron chi connectivity index (χ0n) is 10.7. The Morgan fingerprint density at radius 3 is 2.82 bits per heavy atom. The summed E-state index contributed by atoms with van der Waals surface area (Å²) in [6.07, 6.45) is 4.34. The fourth-order valence-electron chi connectivity index (χ4n) is 2.20. The molecule has 3 nitrogen and oxygen atoms in total. The average Bonchev–Trinajstić information content (AvgIpc) is 2.84. The van der Waals surface area contributed by atoms with E-state index in [0.717, 1.165) is 12.3 Å². The van der Waals surface area contributed by atoms with Crippen LogP contribution >= 0.6 is 11.8 Å². The Bertz CT molecular complexity index is 307. The molecule has 0 aromatic carbocycles. The third-order valence-corrected chi connectivity index (χ3v) is 4.36. The van der Waals surface area contributed by atoms with E-state index < -0.39 is 0 Å². The fraction of sp³-hybridized carbons (Fsp3) is 0.692. The number of hydrogen-bond acceptors (Lipinski definition) is 4. The van der Waals surface area contributed by atoms with Crippen LogP contribution in [0.4, 0.5) is 0 Å². The van der Waals surface area contributed by atoms with Gasteiger partial charge in [0, 0.05) is 12.6 Å². The molecule has 17 heavy (non-hydrogen) atoms. The summed E-state index contributed by atoms with van der Waals surface area (Å²) < 4.78 is 5.51. The molecule has 0 radical (unpaired) electrons. The normalized spacial score (nSPS) is 19.7. The molecule has 0 amide bonds. The standard InChI is InChI=1S/C13H22N2OS/c1-15(2)12(13-4-3-7-16-13)10-14-11-5-8-17-9-6-11/h3-4,7,11-12,14H,5-6,8-10H2,1-2H3. The first-order valence-corrected chi connectivity index (χ1v) is 7.44. The van der Waals surface area contributed by atoms with Crippen molar-refractivity contribution in [2.75, 3.05) is 32.1 Å². The van der Waals surface area contributed by atoms with Crippen molar-refractivity contribution >= 4 is 11.8 Å². The van der Waals surface area contributed by atoms with Crippen LogP contribution in [0.2, 0.25) is 0 Å².